The van der Waals surface area contributed by atoms with Gasteiger partial charge in [0.2, 0.25) is 0 Å². The molecular formula is C16H23ClN2O2. The molecule has 4 nitrogen and oxygen atoms in total. The Labute approximate surface area is 131 Å². The van der Waals surface area contributed by atoms with Crippen LogP contribution in [0.4, 0.5) is 0 Å². The third kappa shape index (κ3) is 2.60. The summed E-state index contributed by atoms with van der Waals surface area (Å²) in [6.07, 6.45) is 1.94. The lowest BCUT2D eigenvalue weighted by molar-refractivity contribution is 0.169. The van der Waals surface area contributed by atoms with Crippen LogP contribution in [0, 0.1) is 5.92 Å². The molecule has 5 heteroatoms. The topological polar surface area (TPSA) is 47.7 Å². The third-order valence-electron chi connectivity index (χ3n) is 4.58. The maximum absolute atomic E-state index is 6.59. The Morgan fingerprint density at radius 2 is 2.14 bits per heavy atom. The van der Waals surface area contributed by atoms with E-state index in [1.807, 2.05) is 6.07 Å². The summed E-state index contributed by atoms with van der Waals surface area (Å²) in [4.78, 5) is 2.36. The van der Waals surface area contributed by atoms with Gasteiger partial charge in [0.15, 0.2) is 11.5 Å². The molecule has 21 heavy (non-hydrogen) atoms. The Kier molecular flexibility index (Phi) is 4.29. The molecule has 2 aliphatic heterocycles. The highest BCUT2D eigenvalue weighted by atomic mass is 35.5. The molecule has 2 unspecified atom stereocenters. The lowest BCUT2D eigenvalue weighted by atomic mass is 9.93. The Morgan fingerprint density at radius 1 is 1.38 bits per heavy atom. The first kappa shape index (κ1) is 14.9. The molecule has 2 atom stereocenters. The Balaban J connectivity index is 2.05. The second-order valence-corrected chi connectivity index (χ2v) is 6.33. The van der Waals surface area contributed by atoms with Crippen LogP contribution in [-0.4, -0.2) is 38.3 Å². The lowest BCUT2D eigenvalue weighted by Crippen LogP contribution is -2.22. The standard InChI is InChI=1S/C16H23ClN2O2/c1-3-11-15(13-6-10(8-18)9-19(13)2)12(17)7-14-16(11)21-5-4-20-14/h7,10,13H,3-6,8-9,18H2,1-2H3. The third-order valence-corrected chi connectivity index (χ3v) is 4.89. The van der Waals surface area contributed by atoms with Crippen molar-refractivity contribution in [2.75, 3.05) is 33.4 Å². The van der Waals surface area contributed by atoms with Crippen molar-refractivity contribution < 1.29 is 9.47 Å². The number of benzene rings is 1. The van der Waals surface area contributed by atoms with E-state index in [1.165, 1.54) is 11.1 Å². The van der Waals surface area contributed by atoms with Gasteiger partial charge >= 0.3 is 0 Å². The molecule has 0 spiro atoms. The number of nitrogens with zero attached hydrogens (tertiary/aromatic N) is 1. The fraction of sp³-hybridized carbons (Fsp3) is 0.625. The van der Waals surface area contributed by atoms with Crippen LogP contribution in [0.25, 0.3) is 0 Å². The predicted molar refractivity (Wildman–Crippen MR) is 84.4 cm³/mol. The van der Waals surface area contributed by atoms with Gasteiger partial charge in [-0.3, -0.25) is 4.90 Å². The highest BCUT2D eigenvalue weighted by Crippen LogP contribution is 2.46. The summed E-state index contributed by atoms with van der Waals surface area (Å²) in [5.74, 6) is 2.20. The van der Waals surface area contributed by atoms with Crippen molar-refractivity contribution in [3.63, 3.8) is 0 Å². The molecule has 0 amide bonds. The fourth-order valence-electron chi connectivity index (χ4n) is 3.56. The van der Waals surface area contributed by atoms with Crippen molar-refractivity contribution in [2.45, 2.75) is 25.8 Å². The van der Waals surface area contributed by atoms with Crippen LogP contribution >= 0.6 is 11.6 Å². The van der Waals surface area contributed by atoms with E-state index in [1.54, 1.807) is 0 Å². The number of rotatable bonds is 3. The molecule has 0 aliphatic carbocycles. The Bertz CT molecular complexity index is 535. The van der Waals surface area contributed by atoms with Crippen LogP contribution in [0.2, 0.25) is 5.02 Å². The van der Waals surface area contributed by atoms with Crippen LogP contribution in [0.5, 0.6) is 11.5 Å². The summed E-state index contributed by atoms with van der Waals surface area (Å²) >= 11 is 6.59. The first-order valence-corrected chi connectivity index (χ1v) is 8.04. The zero-order chi connectivity index (χ0) is 15.0. The number of ether oxygens (including phenoxy) is 2. The summed E-state index contributed by atoms with van der Waals surface area (Å²) < 4.78 is 11.6. The fourth-order valence-corrected chi connectivity index (χ4v) is 3.90. The van der Waals surface area contributed by atoms with Gasteiger partial charge in [-0.25, -0.2) is 0 Å². The quantitative estimate of drug-likeness (QED) is 0.932. The zero-order valence-electron chi connectivity index (χ0n) is 12.7. The Morgan fingerprint density at radius 3 is 2.81 bits per heavy atom. The lowest BCUT2D eigenvalue weighted by Gasteiger charge is -2.28. The highest BCUT2D eigenvalue weighted by Gasteiger charge is 2.34. The second kappa shape index (κ2) is 6.03. The van der Waals surface area contributed by atoms with Crippen LogP contribution in [-0.2, 0) is 6.42 Å². The van der Waals surface area contributed by atoms with Gasteiger partial charge in [0.1, 0.15) is 13.2 Å². The molecule has 1 fully saturated rings. The van der Waals surface area contributed by atoms with Crippen LogP contribution < -0.4 is 15.2 Å². The van der Waals surface area contributed by atoms with Gasteiger partial charge in [0.25, 0.3) is 0 Å². The second-order valence-electron chi connectivity index (χ2n) is 5.92. The van der Waals surface area contributed by atoms with Crippen molar-refractivity contribution in [1.29, 1.82) is 0 Å². The number of hydrogen-bond donors (Lipinski definition) is 1. The summed E-state index contributed by atoms with van der Waals surface area (Å²) in [7, 11) is 2.15. The van der Waals surface area contributed by atoms with E-state index >= 15 is 0 Å². The van der Waals surface area contributed by atoms with E-state index in [9.17, 15) is 0 Å². The largest absolute Gasteiger partial charge is 0.486 e. The first-order chi connectivity index (χ1) is 10.2. The molecule has 1 aromatic carbocycles. The van der Waals surface area contributed by atoms with Gasteiger partial charge in [-0.2, -0.15) is 0 Å². The first-order valence-electron chi connectivity index (χ1n) is 7.66. The predicted octanol–water partition coefficient (Wildman–Crippen LogP) is 2.63. The zero-order valence-corrected chi connectivity index (χ0v) is 13.4. The van der Waals surface area contributed by atoms with Crippen molar-refractivity contribution in [2.24, 2.45) is 11.7 Å². The molecular weight excluding hydrogens is 288 g/mol. The molecule has 1 aromatic rings. The molecule has 0 saturated carbocycles. The van der Waals surface area contributed by atoms with Crippen molar-refractivity contribution in [3.8, 4) is 11.5 Å². The molecule has 0 radical (unpaired) electrons. The van der Waals surface area contributed by atoms with Crippen molar-refractivity contribution >= 4 is 11.6 Å². The molecule has 0 aromatic heterocycles. The van der Waals surface area contributed by atoms with E-state index in [0.29, 0.717) is 25.2 Å². The smallest absolute Gasteiger partial charge is 0.164 e. The Hall–Kier alpha value is -0.970. The number of fused-ring (bicyclic) bond motifs is 1. The molecule has 2 N–H and O–H groups in total. The summed E-state index contributed by atoms with van der Waals surface area (Å²) in [5, 5.41) is 0.783. The van der Waals surface area contributed by atoms with E-state index in [2.05, 4.69) is 18.9 Å². The molecule has 0 bridgehead atoms. The SMILES string of the molecule is CCc1c2c(cc(Cl)c1C1CC(CN)CN1C)OCCO2. The number of hydrogen-bond acceptors (Lipinski definition) is 4. The minimum absolute atomic E-state index is 0.317. The minimum Gasteiger partial charge on any atom is -0.486 e. The van der Waals surface area contributed by atoms with E-state index in [4.69, 9.17) is 26.8 Å². The van der Waals surface area contributed by atoms with Gasteiger partial charge in [-0.15, -0.1) is 0 Å². The highest BCUT2D eigenvalue weighted by molar-refractivity contribution is 6.31. The minimum atomic E-state index is 0.317. The van der Waals surface area contributed by atoms with Gasteiger partial charge < -0.3 is 15.2 Å². The average molecular weight is 311 g/mol. The summed E-state index contributed by atoms with van der Waals surface area (Å²) in [6.45, 7) is 5.08. The van der Waals surface area contributed by atoms with Gasteiger partial charge in [0.05, 0.1) is 0 Å². The average Bonchev–Trinajstić information content (AvgIpc) is 2.86. The monoisotopic (exact) mass is 310 g/mol. The van der Waals surface area contributed by atoms with Crippen LogP contribution in [0.3, 0.4) is 0 Å². The molecule has 1 saturated heterocycles. The number of likely N-dealkylation sites (tertiary alicyclic amines) is 1. The molecule has 116 valence electrons. The normalized spacial score (nSPS) is 25.3. The van der Waals surface area contributed by atoms with E-state index in [-0.39, 0.29) is 0 Å². The van der Waals surface area contributed by atoms with Gasteiger partial charge in [-0.1, -0.05) is 18.5 Å². The van der Waals surface area contributed by atoms with Crippen LogP contribution in [0.15, 0.2) is 6.07 Å². The van der Waals surface area contributed by atoms with Gasteiger partial charge in [0, 0.05) is 29.2 Å². The molecule has 2 heterocycles. The van der Waals surface area contributed by atoms with Crippen molar-refractivity contribution in [1.82, 2.24) is 4.90 Å². The summed E-state index contributed by atoms with van der Waals surface area (Å²) in [6, 6.07) is 2.23. The summed E-state index contributed by atoms with van der Waals surface area (Å²) in [5.41, 5.74) is 8.23. The van der Waals surface area contributed by atoms with E-state index < -0.39 is 0 Å². The van der Waals surface area contributed by atoms with Crippen LogP contribution in [0.1, 0.15) is 30.5 Å². The van der Waals surface area contributed by atoms with Gasteiger partial charge in [-0.05, 0) is 37.9 Å². The maximum Gasteiger partial charge on any atom is 0.164 e. The van der Waals surface area contributed by atoms with Crippen molar-refractivity contribution in [3.05, 3.63) is 22.2 Å². The van der Waals surface area contributed by atoms with E-state index in [0.717, 1.165) is 42.5 Å². The number of nitrogens with two attached hydrogens (primary N) is 1. The number of halogens is 1. The molecule has 3 rings (SSSR count). The molecule has 2 aliphatic rings. The maximum atomic E-state index is 6.59.